The van der Waals surface area contributed by atoms with Crippen LogP contribution < -0.4 is 52.8 Å². The molecular weight excluding hydrogens is 651 g/mol. The predicted molar refractivity (Wildman–Crippen MR) is 174 cm³/mol. The summed E-state index contributed by atoms with van der Waals surface area (Å²) in [6.45, 7) is 9.58. The van der Waals surface area contributed by atoms with Crippen LogP contribution in [0.2, 0.25) is 5.04 Å². The van der Waals surface area contributed by atoms with Gasteiger partial charge in [-0.25, -0.2) is 0 Å². The monoisotopic (exact) mass is 684 g/mol. The maximum Gasteiger partial charge on any atom is -1.00 e. The predicted octanol–water partition coefficient (Wildman–Crippen LogP) is -0.566. The van der Waals surface area contributed by atoms with E-state index in [9.17, 15) is 0 Å². The molecule has 0 radical (unpaired) electrons. The molecule has 6 rings (SSSR count). The van der Waals surface area contributed by atoms with Crippen molar-refractivity contribution in [2.45, 2.75) is 32.7 Å². The van der Waals surface area contributed by atoms with Gasteiger partial charge in [-0.3, -0.25) is 0 Å². The zero-order chi connectivity index (χ0) is 28.6. The summed E-state index contributed by atoms with van der Waals surface area (Å²) >= 11 is 2.39. The van der Waals surface area contributed by atoms with Crippen molar-refractivity contribution in [3.63, 3.8) is 0 Å². The third kappa shape index (κ3) is 5.76. The van der Waals surface area contributed by atoms with Gasteiger partial charge < -0.3 is 37.2 Å². The van der Waals surface area contributed by atoms with Gasteiger partial charge in [-0.2, -0.15) is 0 Å². The Bertz CT molecular complexity index is 1670. The third-order valence-electron chi connectivity index (χ3n) is 9.51. The molecule has 0 N–H and O–H groups in total. The first-order valence-electron chi connectivity index (χ1n) is 14.4. The fraction of sp³-hybridized carbons (Fsp3) is 0.128. The van der Waals surface area contributed by atoms with Gasteiger partial charge in [0.2, 0.25) is 0 Å². The molecule has 1 aliphatic rings. The van der Waals surface area contributed by atoms with Crippen LogP contribution in [0.4, 0.5) is 0 Å². The van der Waals surface area contributed by atoms with Crippen LogP contribution in [0.25, 0.3) is 22.3 Å². The van der Waals surface area contributed by atoms with Crippen molar-refractivity contribution in [1.82, 2.24) is 0 Å². The van der Waals surface area contributed by atoms with Gasteiger partial charge in [-0.15, -0.1) is 0 Å². The van der Waals surface area contributed by atoms with Crippen LogP contribution in [-0.2, 0) is 20.4 Å². The minimum absolute atomic E-state index is 0. The zero-order valence-corrected chi connectivity index (χ0v) is 30.2. The number of hydrogen-bond donors (Lipinski definition) is 0. The molecule has 1 aliphatic carbocycles. The van der Waals surface area contributed by atoms with E-state index in [0.29, 0.717) is 0 Å². The van der Waals surface area contributed by atoms with E-state index in [2.05, 4.69) is 188 Å². The summed E-state index contributed by atoms with van der Waals surface area (Å²) in [5.41, 5.74) is 9.44. The molecule has 44 heavy (non-hydrogen) atoms. The Hall–Kier alpha value is -2.62. The Morgan fingerprint density at radius 1 is 0.455 bits per heavy atom. The number of benzene rings is 5. The summed E-state index contributed by atoms with van der Waals surface area (Å²) in [5, 5.41) is 4.18. The molecule has 0 saturated carbocycles. The number of rotatable bonds is 6. The van der Waals surface area contributed by atoms with Crippen molar-refractivity contribution in [2.24, 2.45) is 0 Å². The maximum absolute atomic E-state index is 2.77. The van der Waals surface area contributed by atoms with Gasteiger partial charge in [-0.1, -0.05) is 0 Å². The van der Waals surface area contributed by atoms with Crippen LogP contribution >= 0.6 is 0 Å². The Kier molecular flexibility index (Phi) is 11.9. The van der Waals surface area contributed by atoms with Gasteiger partial charge in [-0.05, 0) is 0 Å². The zero-order valence-electron chi connectivity index (χ0n) is 25.4. The summed E-state index contributed by atoms with van der Waals surface area (Å²) in [6, 6.07) is 52.0. The molecule has 0 fully saturated rings. The maximum atomic E-state index is 2.54. The van der Waals surface area contributed by atoms with Crippen molar-refractivity contribution in [3.8, 4) is 22.3 Å². The molecule has 1 atom stereocenters. The molecule has 0 heterocycles. The number of hydrogen-bond acceptors (Lipinski definition) is 0. The number of halogens is 3. The van der Waals surface area contributed by atoms with E-state index in [1.54, 1.807) is 0 Å². The van der Waals surface area contributed by atoms with Crippen LogP contribution in [0.15, 0.2) is 160 Å². The van der Waals surface area contributed by atoms with E-state index in [1.165, 1.54) is 58.4 Å². The second-order valence-corrected chi connectivity index (χ2v) is 16.4. The second-order valence-electron chi connectivity index (χ2n) is 11.4. The Labute approximate surface area is 294 Å². The Balaban J connectivity index is 0.00000176. The molecule has 5 aromatic rings. The van der Waals surface area contributed by atoms with E-state index < -0.39 is 8.07 Å². The topological polar surface area (TPSA) is 0 Å². The quantitative estimate of drug-likeness (QED) is 0.166. The van der Waals surface area contributed by atoms with E-state index in [4.69, 9.17) is 0 Å². The minimum atomic E-state index is -2.77. The van der Waals surface area contributed by atoms with Crippen molar-refractivity contribution in [3.05, 3.63) is 160 Å². The van der Waals surface area contributed by atoms with Crippen molar-refractivity contribution >= 4 is 23.6 Å². The van der Waals surface area contributed by atoms with Crippen LogP contribution in [0.3, 0.4) is 0 Å². The van der Waals surface area contributed by atoms with Crippen molar-refractivity contribution in [2.75, 3.05) is 0 Å². The molecular formula is C39H35Cl3SiTi. The van der Waals surface area contributed by atoms with Gasteiger partial charge in [0, 0.05) is 0 Å². The largest absolute Gasteiger partial charge is 1.00 e. The molecule has 0 saturated heterocycles. The third-order valence-corrected chi connectivity index (χ3v) is 16.9. The molecule has 0 spiro atoms. The van der Waals surface area contributed by atoms with Crippen LogP contribution in [0.1, 0.15) is 27.7 Å². The van der Waals surface area contributed by atoms with Gasteiger partial charge in [0.05, 0.1) is 0 Å². The number of allylic oxidation sites excluding steroid dienone is 4. The van der Waals surface area contributed by atoms with Crippen LogP contribution in [0.5, 0.6) is 0 Å². The molecule has 0 aliphatic heterocycles. The molecule has 0 amide bonds. The Morgan fingerprint density at radius 3 is 1.20 bits per heavy atom. The summed E-state index contributed by atoms with van der Waals surface area (Å²) < 4.78 is 1.50. The van der Waals surface area contributed by atoms with Crippen LogP contribution in [0, 0.1) is 0 Å². The average molecular weight is 686 g/mol. The smallest absolute Gasteiger partial charge is 1.00 e. The fourth-order valence-corrected chi connectivity index (χ4v) is 14.7. The first kappa shape index (κ1) is 35.9. The summed E-state index contributed by atoms with van der Waals surface area (Å²) in [5.74, 6) is 0. The molecule has 0 nitrogen and oxygen atoms in total. The fourth-order valence-electron chi connectivity index (χ4n) is 7.05. The first-order chi connectivity index (χ1) is 19.9. The Morgan fingerprint density at radius 2 is 0.818 bits per heavy atom. The molecule has 0 bridgehead atoms. The van der Waals surface area contributed by atoms with Gasteiger partial charge in [0.1, 0.15) is 0 Å². The van der Waals surface area contributed by atoms with Gasteiger partial charge >= 0.3 is 259 Å². The van der Waals surface area contributed by atoms with Gasteiger partial charge in [0.15, 0.2) is 0 Å². The molecule has 5 aromatic carbocycles. The average Bonchev–Trinajstić information content (AvgIpc) is 3.19. The van der Waals surface area contributed by atoms with Crippen LogP contribution in [-0.4, -0.2) is 8.07 Å². The SMILES string of the molecule is CC1=C(C)C(C)([Si](c2ccccc2)(c2cccc(-c3ccccc3)c2)c2cccc(-c3ccccc3)c2)[C]([Ti+3])=C1C.[Cl-].[Cl-].[Cl-]. The standard InChI is InChI=1S/C39H35Si.3ClH.Ti/c1-29-28-39(4,31(3)30(29)2)40(36-22-12-7-13-23-36,37-24-14-20-34(26-37)32-16-8-5-9-17-32)38-25-15-21-35(27-38)33-18-10-6-11-19-33;;;;/h5-27H,1-4H3;3*1H;/q;;;;+3/p-3. The van der Waals surface area contributed by atoms with Crippen molar-refractivity contribution in [1.29, 1.82) is 0 Å². The molecule has 1 unspecified atom stereocenters. The molecule has 220 valence electrons. The first-order valence-corrected chi connectivity index (χ1v) is 17.2. The van der Waals surface area contributed by atoms with Crippen molar-refractivity contribution < 1.29 is 57.7 Å². The second kappa shape index (κ2) is 14.7. The van der Waals surface area contributed by atoms with E-state index >= 15 is 0 Å². The molecule has 0 aromatic heterocycles. The van der Waals surface area contributed by atoms with E-state index in [-0.39, 0.29) is 42.3 Å². The summed E-state index contributed by atoms with van der Waals surface area (Å²) in [4.78, 5) is 0. The van der Waals surface area contributed by atoms with E-state index in [1.807, 2.05) is 0 Å². The van der Waals surface area contributed by atoms with E-state index in [0.717, 1.165) is 0 Å². The molecule has 5 heteroatoms. The minimum Gasteiger partial charge on any atom is -1.00 e. The van der Waals surface area contributed by atoms with Gasteiger partial charge in [0.25, 0.3) is 0 Å². The summed E-state index contributed by atoms with van der Waals surface area (Å²) in [6.07, 6.45) is 0. The normalized spacial score (nSPS) is 16.1. The summed E-state index contributed by atoms with van der Waals surface area (Å²) in [7, 11) is -2.77.